The number of nitrogens with zero attached hydrogens (tertiary/aromatic N) is 3. The minimum atomic E-state index is -0.296. The van der Waals surface area contributed by atoms with Crippen molar-refractivity contribution in [3.8, 4) is 11.3 Å². The van der Waals surface area contributed by atoms with Crippen LogP contribution in [0.3, 0.4) is 0 Å². The first-order chi connectivity index (χ1) is 11.7. The van der Waals surface area contributed by atoms with Gasteiger partial charge in [-0.05, 0) is 36.4 Å². The van der Waals surface area contributed by atoms with Gasteiger partial charge in [0.05, 0.1) is 5.69 Å². The maximum absolute atomic E-state index is 13.0. The van der Waals surface area contributed by atoms with Gasteiger partial charge in [-0.2, -0.15) is 0 Å². The molecule has 3 aromatic heterocycles. The number of imidazole rings is 1. The maximum Gasteiger partial charge on any atom is 0.274 e. The molecule has 1 amide bonds. The van der Waals surface area contributed by atoms with Crippen molar-refractivity contribution in [2.75, 3.05) is 5.32 Å². The zero-order valence-corrected chi connectivity index (χ0v) is 13.1. The highest BCUT2D eigenvalue weighted by Gasteiger charge is 2.15. The molecule has 0 aliphatic rings. The maximum atomic E-state index is 13.0. The summed E-state index contributed by atoms with van der Waals surface area (Å²) in [4.78, 5) is 21.7. The first-order valence-corrected chi connectivity index (χ1v) is 8.03. The molecule has 0 radical (unpaired) electrons. The Labute approximate surface area is 140 Å². The highest BCUT2D eigenvalue weighted by molar-refractivity contribution is 7.15. The molecule has 0 atom stereocenters. The smallest absolute Gasteiger partial charge is 0.274 e. The second-order valence-electron chi connectivity index (χ2n) is 5.08. The Morgan fingerprint density at radius 1 is 1.17 bits per heavy atom. The average molecular weight is 338 g/mol. The van der Waals surface area contributed by atoms with E-state index in [9.17, 15) is 9.18 Å². The summed E-state index contributed by atoms with van der Waals surface area (Å²) < 4.78 is 14.8. The lowest BCUT2D eigenvalue weighted by Crippen LogP contribution is -2.14. The fourth-order valence-corrected chi connectivity index (χ4v) is 3.18. The van der Waals surface area contributed by atoms with E-state index in [4.69, 9.17) is 0 Å². The van der Waals surface area contributed by atoms with Crippen LogP contribution in [0.25, 0.3) is 16.2 Å². The molecular formula is C17H11FN4OS. The molecule has 3 heterocycles. The summed E-state index contributed by atoms with van der Waals surface area (Å²) in [7, 11) is 0. The van der Waals surface area contributed by atoms with E-state index in [1.54, 1.807) is 52.5 Å². The van der Waals surface area contributed by atoms with Gasteiger partial charge < -0.3 is 5.32 Å². The summed E-state index contributed by atoms with van der Waals surface area (Å²) in [6, 6.07) is 11.4. The molecule has 4 aromatic rings. The van der Waals surface area contributed by atoms with Crippen molar-refractivity contribution >= 4 is 28.0 Å². The summed E-state index contributed by atoms with van der Waals surface area (Å²) in [6.07, 6.45) is 3.38. The quantitative estimate of drug-likeness (QED) is 0.617. The number of hydrogen-bond acceptors (Lipinski definition) is 4. The van der Waals surface area contributed by atoms with Crippen LogP contribution >= 0.6 is 11.3 Å². The Morgan fingerprint density at radius 2 is 2.00 bits per heavy atom. The molecule has 0 saturated heterocycles. The van der Waals surface area contributed by atoms with E-state index in [0.29, 0.717) is 22.2 Å². The summed E-state index contributed by atoms with van der Waals surface area (Å²) in [6.45, 7) is 0. The number of rotatable bonds is 3. The molecule has 0 unspecified atom stereocenters. The van der Waals surface area contributed by atoms with Gasteiger partial charge in [0.25, 0.3) is 5.91 Å². The molecule has 0 aliphatic carbocycles. The normalized spacial score (nSPS) is 10.9. The van der Waals surface area contributed by atoms with Crippen LogP contribution in [0.5, 0.6) is 0 Å². The third-order valence-electron chi connectivity index (χ3n) is 3.49. The van der Waals surface area contributed by atoms with Gasteiger partial charge in [-0.3, -0.25) is 9.20 Å². The minimum absolute atomic E-state index is 0.261. The number of amides is 1. The van der Waals surface area contributed by atoms with Gasteiger partial charge in [-0.1, -0.05) is 6.07 Å². The molecule has 0 fully saturated rings. The number of carbonyl (C=O) groups is 1. The number of carbonyl (C=O) groups excluding carboxylic acids is 1. The van der Waals surface area contributed by atoms with Crippen LogP contribution in [0.15, 0.2) is 60.2 Å². The first-order valence-electron chi connectivity index (χ1n) is 7.15. The van der Waals surface area contributed by atoms with Gasteiger partial charge in [0.2, 0.25) is 0 Å². The lowest BCUT2D eigenvalue weighted by Gasteiger charge is -2.02. The number of benzene rings is 1. The van der Waals surface area contributed by atoms with Gasteiger partial charge in [-0.25, -0.2) is 14.4 Å². The molecule has 4 rings (SSSR count). The second-order valence-corrected chi connectivity index (χ2v) is 5.91. The van der Waals surface area contributed by atoms with Crippen molar-refractivity contribution < 1.29 is 9.18 Å². The number of thiazole rings is 1. The van der Waals surface area contributed by atoms with Crippen molar-refractivity contribution in [3.63, 3.8) is 0 Å². The fourth-order valence-electron chi connectivity index (χ4n) is 2.32. The third kappa shape index (κ3) is 2.65. The van der Waals surface area contributed by atoms with Crippen molar-refractivity contribution in [2.24, 2.45) is 0 Å². The van der Waals surface area contributed by atoms with E-state index in [-0.39, 0.29) is 11.7 Å². The molecule has 7 heteroatoms. The van der Waals surface area contributed by atoms with Crippen LogP contribution in [0.2, 0.25) is 0 Å². The largest absolute Gasteiger partial charge is 0.305 e. The Bertz CT molecular complexity index is 1010. The molecule has 0 aliphatic heterocycles. The second kappa shape index (κ2) is 5.86. The number of halogens is 1. The Kier molecular flexibility index (Phi) is 3.55. The van der Waals surface area contributed by atoms with Gasteiger partial charge in [-0.15, -0.1) is 11.3 Å². The summed E-state index contributed by atoms with van der Waals surface area (Å²) in [5.74, 6) is -0.0704. The molecule has 118 valence electrons. The Balaban J connectivity index is 1.67. The van der Waals surface area contributed by atoms with E-state index in [1.807, 2.05) is 0 Å². The van der Waals surface area contributed by atoms with Gasteiger partial charge in [0.1, 0.15) is 17.3 Å². The van der Waals surface area contributed by atoms with E-state index >= 15 is 0 Å². The monoisotopic (exact) mass is 338 g/mol. The highest BCUT2D eigenvalue weighted by Crippen LogP contribution is 2.24. The van der Waals surface area contributed by atoms with E-state index in [0.717, 1.165) is 5.56 Å². The van der Waals surface area contributed by atoms with Crippen molar-refractivity contribution in [2.45, 2.75) is 0 Å². The number of nitrogens with one attached hydrogen (secondary N) is 1. The molecule has 0 bridgehead atoms. The molecule has 24 heavy (non-hydrogen) atoms. The minimum Gasteiger partial charge on any atom is -0.305 e. The lowest BCUT2D eigenvalue weighted by molar-refractivity contribution is 0.102. The molecule has 0 spiro atoms. The first kappa shape index (κ1) is 14.5. The van der Waals surface area contributed by atoms with E-state index in [2.05, 4.69) is 15.3 Å². The third-order valence-corrected chi connectivity index (χ3v) is 4.33. The summed E-state index contributed by atoms with van der Waals surface area (Å²) >= 11 is 1.37. The number of anilines is 1. The zero-order valence-electron chi connectivity index (χ0n) is 12.3. The zero-order chi connectivity index (χ0) is 16.5. The van der Waals surface area contributed by atoms with Crippen LogP contribution in [-0.4, -0.2) is 20.3 Å². The fraction of sp³-hybridized carbons (Fsp3) is 0. The van der Waals surface area contributed by atoms with Gasteiger partial charge in [0, 0.05) is 23.3 Å². The van der Waals surface area contributed by atoms with Crippen LogP contribution in [-0.2, 0) is 0 Å². The van der Waals surface area contributed by atoms with Crippen molar-refractivity contribution in [3.05, 3.63) is 71.7 Å². The SMILES string of the molecule is O=C(Nc1ccccn1)c1csc2nc(-c3ccc(F)cc3)cn12. The number of aromatic nitrogens is 3. The van der Waals surface area contributed by atoms with Gasteiger partial charge in [0.15, 0.2) is 4.96 Å². The number of hydrogen-bond donors (Lipinski definition) is 1. The summed E-state index contributed by atoms with van der Waals surface area (Å²) in [5.41, 5.74) is 1.96. The predicted molar refractivity (Wildman–Crippen MR) is 90.7 cm³/mol. The molecule has 0 saturated carbocycles. The van der Waals surface area contributed by atoms with Gasteiger partial charge >= 0.3 is 0 Å². The standard InChI is InChI=1S/C17H11FN4OS/c18-12-6-4-11(5-7-12)13-9-22-14(10-24-17(22)20-13)16(23)21-15-3-1-2-8-19-15/h1-10H,(H,19,21,23). The lowest BCUT2D eigenvalue weighted by atomic mass is 10.2. The van der Waals surface area contributed by atoms with Crippen LogP contribution in [0.4, 0.5) is 10.2 Å². The van der Waals surface area contributed by atoms with Crippen LogP contribution in [0, 0.1) is 5.82 Å². The van der Waals surface area contributed by atoms with E-state index < -0.39 is 0 Å². The van der Waals surface area contributed by atoms with Crippen molar-refractivity contribution in [1.82, 2.24) is 14.4 Å². The number of fused-ring (bicyclic) bond motifs is 1. The van der Waals surface area contributed by atoms with Crippen molar-refractivity contribution in [1.29, 1.82) is 0 Å². The number of pyridine rings is 1. The molecule has 5 nitrogen and oxygen atoms in total. The Hall–Kier alpha value is -3.06. The average Bonchev–Trinajstić information content (AvgIpc) is 3.17. The van der Waals surface area contributed by atoms with E-state index in [1.165, 1.54) is 23.5 Å². The molecule has 1 aromatic carbocycles. The molecular weight excluding hydrogens is 327 g/mol. The highest BCUT2D eigenvalue weighted by atomic mass is 32.1. The Morgan fingerprint density at radius 3 is 2.75 bits per heavy atom. The topological polar surface area (TPSA) is 59.3 Å². The van der Waals surface area contributed by atoms with Crippen LogP contribution < -0.4 is 5.32 Å². The predicted octanol–water partition coefficient (Wildman–Crippen LogP) is 3.85. The summed E-state index contributed by atoms with van der Waals surface area (Å²) in [5, 5.41) is 4.50. The van der Waals surface area contributed by atoms with Crippen LogP contribution in [0.1, 0.15) is 10.5 Å². The molecule has 1 N–H and O–H groups in total.